The number of ketones is 2. The lowest BCUT2D eigenvalue weighted by Crippen LogP contribution is -2.44. The average molecular weight is 446 g/mol. The van der Waals surface area contributed by atoms with Crippen LogP contribution in [0, 0.1) is 23.2 Å². The molecule has 0 aromatic heterocycles. The summed E-state index contributed by atoms with van der Waals surface area (Å²) in [6, 6.07) is 9.66. The predicted molar refractivity (Wildman–Crippen MR) is 134 cm³/mol. The van der Waals surface area contributed by atoms with E-state index in [4.69, 9.17) is 0 Å². The highest BCUT2D eigenvalue weighted by molar-refractivity contribution is 5.93. The molecule has 1 aromatic rings. The molecule has 33 heavy (non-hydrogen) atoms. The topological polar surface area (TPSA) is 37.4 Å². The number of fused-ring (bicyclic) bond motifs is 4. The van der Waals surface area contributed by atoms with Crippen LogP contribution < -0.4 is 4.90 Å². The van der Waals surface area contributed by atoms with E-state index in [1.165, 1.54) is 28.8 Å². The molecule has 3 heteroatoms. The summed E-state index contributed by atoms with van der Waals surface area (Å²) in [6.45, 7) is 8.67. The smallest absolute Gasteiger partial charge is 0.156 e. The highest BCUT2D eigenvalue weighted by atomic mass is 16.1. The molecule has 3 nitrogen and oxygen atoms in total. The van der Waals surface area contributed by atoms with E-state index in [-0.39, 0.29) is 11.3 Å². The summed E-state index contributed by atoms with van der Waals surface area (Å²) in [4.78, 5) is 27.2. The van der Waals surface area contributed by atoms with E-state index in [1.54, 1.807) is 5.57 Å². The van der Waals surface area contributed by atoms with Gasteiger partial charge in [-0.15, -0.1) is 0 Å². The quantitative estimate of drug-likeness (QED) is 0.521. The van der Waals surface area contributed by atoms with Crippen LogP contribution in [0.5, 0.6) is 0 Å². The second-order valence-electron chi connectivity index (χ2n) is 11.6. The SMILES string of the molecule is CC(=O)C1CCC2C3CCC4=CC(=O)CCC4=C3C(c3ccc(N(C)C(C)C)cc3)CC12C. The van der Waals surface area contributed by atoms with Gasteiger partial charge in [0.1, 0.15) is 5.78 Å². The van der Waals surface area contributed by atoms with Crippen LogP contribution >= 0.6 is 0 Å². The van der Waals surface area contributed by atoms with Gasteiger partial charge < -0.3 is 4.90 Å². The monoisotopic (exact) mass is 445 g/mol. The molecule has 2 fully saturated rings. The van der Waals surface area contributed by atoms with Gasteiger partial charge in [0, 0.05) is 37.0 Å². The zero-order chi connectivity index (χ0) is 23.5. The summed E-state index contributed by atoms with van der Waals surface area (Å²) < 4.78 is 0. The van der Waals surface area contributed by atoms with E-state index >= 15 is 0 Å². The first-order valence-electron chi connectivity index (χ1n) is 13.0. The Bertz CT molecular complexity index is 1030. The van der Waals surface area contributed by atoms with Gasteiger partial charge in [-0.25, -0.2) is 0 Å². The molecule has 0 saturated heterocycles. The maximum atomic E-state index is 12.7. The summed E-state index contributed by atoms with van der Waals surface area (Å²) >= 11 is 0. The highest BCUT2D eigenvalue weighted by Gasteiger charge is 2.57. The maximum Gasteiger partial charge on any atom is 0.156 e. The molecule has 0 N–H and O–H groups in total. The number of carbonyl (C=O) groups is 2. The number of Topliss-reactive ketones (excluding diaryl/α,β-unsaturated/α-hetero) is 1. The zero-order valence-electron chi connectivity index (χ0n) is 21.0. The summed E-state index contributed by atoms with van der Waals surface area (Å²) in [5.41, 5.74) is 7.13. The Morgan fingerprint density at radius 3 is 2.45 bits per heavy atom. The highest BCUT2D eigenvalue weighted by Crippen LogP contribution is 2.65. The summed E-state index contributed by atoms with van der Waals surface area (Å²) in [5, 5.41) is 0. The first-order chi connectivity index (χ1) is 15.7. The number of nitrogens with zero attached hydrogens (tertiary/aromatic N) is 1. The van der Waals surface area contributed by atoms with Crippen molar-refractivity contribution in [1.29, 1.82) is 0 Å². The van der Waals surface area contributed by atoms with Crippen molar-refractivity contribution in [2.45, 2.75) is 84.6 Å². The average Bonchev–Trinajstić information content (AvgIpc) is 3.15. The molecule has 0 spiro atoms. The zero-order valence-corrected chi connectivity index (χ0v) is 21.0. The van der Waals surface area contributed by atoms with Crippen molar-refractivity contribution < 1.29 is 9.59 Å². The van der Waals surface area contributed by atoms with Gasteiger partial charge in [-0.2, -0.15) is 0 Å². The summed E-state index contributed by atoms with van der Waals surface area (Å²) in [5.74, 6) is 2.36. The summed E-state index contributed by atoms with van der Waals surface area (Å²) in [6.07, 6.45) is 8.93. The Morgan fingerprint density at radius 1 is 1.06 bits per heavy atom. The molecule has 2 saturated carbocycles. The molecule has 0 bridgehead atoms. The van der Waals surface area contributed by atoms with Crippen molar-refractivity contribution in [2.24, 2.45) is 23.2 Å². The third-order valence-corrected chi connectivity index (χ3v) is 9.70. The fraction of sp³-hybridized carbons (Fsp3) is 0.600. The molecule has 0 radical (unpaired) electrons. The van der Waals surface area contributed by atoms with Gasteiger partial charge in [0.25, 0.3) is 0 Å². The van der Waals surface area contributed by atoms with Gasteiger partial charge >= 0.3 is 0 Å². The number of rotatable bonds is 4. The molecule has 4 aliphatic carbocycles. The van der Waals surface area contributed by atoms with Gasteiger partial charge in [-0.3, -0.25) is 9.59 Å². The lowest BCUT2D eigenvalue weighted by molar-refractivity contribution is -0.125. The van der Waals surface area contributed by atoms with Crippen LogP contribution in [0.25, 0.3) is 0 Å². The van der Waals surface area contributed by atoms with Crippen LogP contribution in [0.3, 0.4) is 0 Å². The Balaban J connectivity index is 1.61. The molecule has 0 heterocycles. The van der Waals surface area contributed by atoms with Crippen LogP contribution in [0.1, 0.15) is 84.1 Å². The Labute approximate surface area is 199 Å². The Kier molecular flexibility index (Phi) is 5.66. The lowest BCUT2D eigenvalue weighted by Gasteiger charge is -2.52. The molecule has 1 aromatic carbocycles. The molecular formula is C30H39NO2. The van der Waals surface area contributed by atoms with E-state index in [9.17, 15) is 9.59 Å². The second kappa shape index (κ2) is 8.25. The van der Waals surface area contributed by atoms with Gasteiger partial charge in [0.05, 0.1) is 0 Å². The van der Waals surface area contributed by atoms with Gasteiger partial charge in [0.15, 0.2) is 5.78 Å². The van der Waals surface area contributed by atoms with Gasteiger partial charge in [-0.1, -0.05) is 24.6 Å². The van der Waals surface area contributed by atoms with E-state index in [0.29, 0.717) is 41.8 Å². The molecule has 176 valence electrons. The number of carbonyl (C=O) groups excluding carboxylic acids is 2. The molecular weight excluding hydrogens is 406 g/mol. The van der Waals surface area contributed by atoms with Crippen molar-refractivity contribution >= 4 is 17.3 Å². The molecule has 5 unspecified atom stereocenters. The number of benzene rings is 1. The molecule has 5 rings (SSSR count). The maximum absolute atomic E-state index is 12.7. The number of anilines is 1. The van der Waals surface area contributed by atoms with E-state index < -0.39 is 0 Å². The minimum atomic E-state index is 0.0737. The van der Waals surface area contributed by atoms with Crippen molar-refractivity contribution in [3.8, 4) is 0 Å². The van der Waals surface area contributed by atoms with Crippen molar-refractivity contribution in [3.05, 3.63) is 52.6 Å². The van der Waals surface area contributed by atoms with E-state index in [2.05, 4.69) is 57.0 Å². The third kappa shape index (κ3) is 3.63. The van der Waals surface area contributed by atoms with Crippen LogP contribution in [0.4, 0.5) is 5.69 Å². The molecule has 0 aliphatic heterocycles. The van der Waals surface area contributed by atoms with Crippen LogP contribution in [-0.2, 0) is 9.59 Å². The van der Waals surface area contributed by atoms with E-state index in [1.807, 2.05) is 13.0 Å². The van der Waals surface area contributed by atoms with Crippen LogP contribution in [-0.4, -0.2) is 24.7 Å². The number of hydrogen-bond acceptors (Lipinski definition) is 3. The van der Waals surface area contributed by atoms with Gasteiger partial charge in [0.2, 0.25) is 0 Å². The van der Waals surface area contributed by atoms with Crippen molar-refractivity contribution in [3.63, 3.8) is 0 Å². The minimum absolute atomic E-state index is 0.0737. The normalized spacial score (nSPS) is 33.4. The Hall–Kier alpha value is -2.16. The van der Waals surface area contributed by atoms with Crippen molar-refractivity contribution in [2.75, 3.05) is 11.9 Å². The molecule has 0 amide bonds. The third-order valence-electron chi connectivity index (χ3n) is 9.70. The fourth-order valence-corrected chi connectivity index (χ4v) is 7.87. The fourth-order valence-electron chi connectivity index (χ4n) is 7.87. The minimum Gasteiger partial charge on any atom is -0.372 e. The van der Waals surface area contributed by atoms with Crippen LogP contribution in [0.15, 0.2) is 47.1 Å². The van der Waals surface area contributed by atoms with Gasteiger partial charge in [-0.05, 0) is 111 Å². The number of hydrogen-bond donors (Lipinski definition) is 0. The first-order valence-corrected chi connectivity index (χ1v) is 13.0. The van der Waals surface area contributed by atoms with Crippen LogP contribution in [0.2, 0.25) is 0 Å². The number of allylic oxidation sites excluding steroid dienone is 4. The molecule has 4 aliphatic rings. The second-order valence-corrected chi connectivity index (χ2v) is 11.6. The largest absolute Gasteiger partial charge is 0.372 e. The van der Waals surface area contributed by atoms with Crippen molar-refractivity contribution in [1.82, 2.24) is 0 Å². The lowest BCUT2D eigenvalue weighted by atomic mass is 9.51. The summed E-state index contributed by atoms with van der Waals surface area (Å²) in [7, 11) is 2.15. The molecule has 5 atom stereocenters. The standard InChI is InChI=1S/C30H39NO2/c1-18(2)31(5)22-9-6-20(7-10-22)26-17-30(4)27(19(3)32)14-15-28(30)25-12-8-21-16-23(33)11-13-24(21)29(25)26/h6-7,9-10,16,18,25-28H,8,11-15,17H2,1-5H3. The predicted octanol–water partition coefficient (Wildman–Crippen LogP) is 6.64. The first kappa shape index (κ1) is 22.6. The Morgan fingerprint density at radius 2 is 1.79 bits per heavy atom. The van der Waals surface area contributed by atoms with E-state index in [0.717, 1.165) is 32.1 Å².